The summed E-state index contributed by atoms with van der Waals surface area (Å²) in [5.74, 6) is 0. The van der Waals surface area contributed by atoms with Crippen LogP contribution < -0.4 is 11.2 Å². The van der Waals surface area contributed by atoms with Crippen LogP contribution in [0, 0.1) is 6.92 Å². The zero-order valence-electron chi connectivity index (χ0n) is 16.3. The second-order valence-corrected chi connectivity index (χ2v) is 6.78. The molecule has 0 radical (unpaired) electrons. The lowest BCUT2D eigenvalue weighted by Gasteiger charge is -2.18. The monoisotopic (exact) mass is 430 g/mol. The van der Waals surface area contributed by atoms with Gasteiger partial charge in [-0.1, -0.05) is 0 Å². The van der Waals surface area contributed by atoms with E-state index in [1.165, 1.54) is 48.2 Å². The number of aryl methyl sites for hydroxylation is 1. The molecule has 13 heteroatoms. The molecule has 1 fully saturated rings. The van der Waals surface area contributed by atoms with E-state index in [0.717, 1.165) is 9.13 Å². The first-order valence-corrected chi connectivity index (χ1v) is 9.24. The quantitative estimate of drug-likeness (QED) is 0.614. The molecule has 31 heavy (non-hydrogen) atoms. The van der Waals surface area contributed by atoms with Crippen molar-refractivity contribution in [1.29, 1.82) is 0 Å². The van der Waals surface area contributed by atoms with Crippen molar-refractivity contribution in [2.45, 2.75) is 31.8 Å². The van der Waals surface area contributed by atoms with Gasteiger partial charge in [-0.2, -0.15) is 0 Å². The summed E-state index contributed by atoms with van der Waals surface area (Å²) in [4.78, 5) is 58.1. The Morgan fingerprint density at radius 3 is 2.48 bits per heavy atom. The molecule has 162 valence electrons. The molecule has 0 spiro atoms. The van der Waals surface area contributed by atoms with E-state index in [1.54, 1.807) is 6.92 Å². The first-order chi connectivity index (χ1) is 14.9. The summed E-state index contributed by atoms with van der Waals surface area (Å²) in [6.45, 7) is 1.30. The molecule has 1 aliphatic heterocycles. The van der Waals surface area contributed by atoms with Crippen LogP contribution in [-0.4, -0.2) is 59.7 Å². The van der Waals surface area contributed by atoms with Crippen molar-refractivity contribution in [3.8, 4) is 0 Å². The van der Waals surface area contributed by atoms with Crippen LogP contribution in [0.2, 0.25) is 0 Å². The van der Waals surface area contributed by atoms with Crippen LogP contribution in [0.4, 0.5) is 9.59 Å². The second-order valence-electron chi connectivity index (χ2n) is 6.78. The van der Waals surface area contributed by atoms with E-state index in [4.69, 9.17) is 14.2 Å². The lowest BCUT2D eigenvalue weighted by molar-refractivity contribution is -0.0510. The maximum Gasteiger partial charge on any atom is 0.419 e. The maximum absolute atomic E-state index is 12.4. The van der Waals surface area contributed by atoms with Crippen LogP contribution in [0.5, 0.6) is 0 Å². The topological polar surface area (TPSA) is 152 Å². The number of ether oxygens (including phenoxy) is 3. The Hall–Kier alpha value is -4.00. The van der Waals surface area contributed by atoms with Crippen molar-refractivity contribution in [3.05, 3.63) is 70.0 Å². The van der Waals surface area contributed by atoms with E-state index in [1.807, 2.05) is 0 Å². The van der Waals surface area contributed by atoms with Crippen LogP contribution in [-0.2, 0) is 14.2 Å². The Labute approximate surface area is 173 Å². The minimum absolute atomic E-state index is 0.0963. The predicted octanol–water partition coefficient (Wildman–Crippen LogP) is 0.264. The molecule has 0 aliphatic carbocycles. The average Bonchev–Trinajstić information content (AvgIpc) is 3.51. The number of rotatable bonds is 4. The molecule has 4 rings (SSSR count). The Bertz CT molecular complexity index is 1180. The zero-order valence-corrected chi connectivity index (χ0v) is 16.3. The van der Waals surface area contributed by atoms with Crippen molar-refractivity contribution in [3.63, 3.8) is 0 Å². The fourth-order valence-corrected chi connectivity index (χ4v) is 3.10. The standard InChI is InChI=1S/C18H18N6O7/c1-11-7-24(16(26)21-15(11)25)14-6-12(31-18(28)23-5-3-20-10-23)13(30-14)8-29-17(27)22-4-2-19-9-22/h2-5,7,9-10,12-14H,6,8H2,1H3,(H,21,25,26)/t12-,13+,14+/m0/s1. The molecule has 3 aromatic heterocycles. The van der Waals surface area contributed by atoms with Crippen LogP contribution >= 0.6 is 0 Å². The Kier molecular flexibility index (Phi) is 5.49. The summed E-state index contributed by atoms with van der Waals surface area (Å²) in [6.07, 6.45) is 5.74. The lowest BCUT2D eigenvalue weighted by Crippen LogP contribution is -2.34. The number of aromatic nitrogens is 6. The maximum atomic E-state index is 12.4. The molecule has 0 aromatic carbocycles. The molecule has 13 nitrogen and oxygen atoms in total. The smallest absolute Gasteiger partial charge is 0.419 e. The first-order valence-electron chi connectivity index (χ1n) is 9.24. The molecular formula is C18H18N6O7. The highest BCUT2D eigenvalue weighted by Crippen LogP contribution is 2.30. The molecule has 4 heterocycles. The van der Waals surface area contributed by atoms with E-state index in [-0.39, 0.29) is 13.0 Å². The fraction of sp³-hybridized carbons (Fsp3) is 0.333. The van der Waals surface area contributed by atoms with Crippen LogP contribution in [0.3, 0.4) is 0 Å². The largest absolute Gasteiger partial charge is 0.446 e. The predicted molar refractivity (Wildman–Crippen MR) is 101 cm³/mol. The summed E-state index contributed by atoms with van der Waals surface area (Å²) in [5, 5.41) is 0. The molecule has 0 bridgehead atoms. The summed E-state index contributed by atoms with van der Waals surface area (Å²) in [7, 11) is 0. The number of H-pyrrole nitrogens is 1. The molecule has 3 aromatic rings. The Balaban J connectivity index is 1.53. The number of hydrogen-bond acceptors (Lipinski definition) is 9. The van der Waals surface area contributed by atoms with Gasteiger partial charge in [-0.25, -0.2) is 33.5 Å². The molecule has 1 saturated heterocycles. The number of imidazole rings is 2. The van der Waals surface area contributed by atoms with E-state index in [2.05, 4.69) is 15.0 Å². The van der Waals surface area contributed by atoms with Crippen molar-refractivity contribution in [2.75, 3.05) is 6.61 Å². The summed E-state index contributed by atoms with van der Waals surface area (Å²) >= 11 is 0. The highest BCUT2D eigenvalue weighted by atomic mass is 16.6. The minimum atomic E-state index is -0.857. The third kappa shape index (κ3) is 4.30. The van der Waals surface area contributed by atoms with Gasteiger partial charge in [-0.3, -0.25) is 14.3 Å². The fourth-order valence-electron chi connectivity index (χ4n) is 3.10. The van der Waals surface area contributed by atoms with Crippen molar-refractivity contribution < 1.29 is 23.8 Å². The average molecular weight is 430 g/mol. The van der Waals surface area contributed by atoms with Gasteiger partial charge in [0.15, 0.2) is 0 Å². The summed E-state index contributed by atoms with van der Waals surface area (Å²) in [6, 6.07) is 0. The number of hydrogen-bond donors (Lipinski definition) is 1. The first kappa shape index (κ1) is 20.3. The van der Waals surface area contributed by atoms with Gasteiger partial charge in [0.1, 0.15) is 37.7 Å². The lowest BCUT2D eigenvalue weighted by atomic mass is 10.2. The molecule has 0 saturated carbocycles. The van der Waals surface area contributed by atoms with Crippen LogP contribution in [0.1, 0.15) is 18.2 Å². The Morgan fingerprint density at radius 1 is 1.16 bits per heavy atom. The van der Waals surface area contributed by atoms with Gasteiger partial charge in [-0.05, 0) is 6.92 Å². The third-order valence-electron chi connectivity index (χ3n) is 4.69. The van der Waals surface area contributed by atoms with Gasteiger partial charge in [-0.15, -0.1) is 0 Å². The molecule has 1 N–H and O–H groups in total. The van der Waals surface area contributed by atoms with Gasteiger partial charge in [0.2, 0.25) is 0 Å². The summed E-state index contributed by atoms with van der Waals surface area (Å²) in [5.41, 5.74) is -0.866. The minimum Gasteiger partial charge on any atom is -0.446 e. The molecule has 0 unspecified atom stereocenters. The number of carbonyl (C=O) groups excluding carboxylic acids is 2. The van der Waals surface area contributed by atoms with Gasteiger partial charge >= 0.3 is 17.9 Å². The highest BCUT2D eigenvalue weighted by molar-refractivity contribution is 5.70. The zero-order chi connectivity index (χ0) is 22.0. The van der Waals surface area contributed by atoms with E-state index < -0.39 is 41.9 Å². The van der Waals surface area contributed by atoms with Crippen molar-refractivity contribution in [2.24, 2.45) is 0 Å². The van der Waals surface area contributed by atoms with E-state index in [9.17, 15) is 19.2 Å². The van der Waals surface area contributed by atoms with Gasteiger partial charge in [0.05, 0.1) is 0 Å². The highest BCUT2D eigenvalue weighted by Gasteiger charge is 2.40. The number of carbonyl (C=O) groups is 2. The van der Waals surface area contributed by atoms with Crippen molar-refractivity contribution in [1.82, 2.24) is 28.7 Å². The second kappa shape index (κ2) is 8.39. The third-order valence-corrected chi connectivity index (χ3v) is 4.69. The van der Waals surface area contributed by atoms with Crippen molar-refractivity contribution >= 4 is 12.2 Å². The summed E-state index contributed by atoms with van der Waals surface area (Å²) < 4.78 is 20.1. The normalized spacial score (nSPS) is 20.5. The molecular weight excluding hydrogens is 412 g/mol. The van der Waals surface area contributed by atoms with E-state index in [0.29, 0.717) is 5.56 Å². The van der Waals surface area contributed by atoms with Crippen LogP contribution in [0.15, 0.2) is 53.2 Å². The SMILES string of the molecule is Cc1cn([C@H]2C[C@H](OC(=O)n3ccnc3)[C@@H](COC(=O)n3ccnc3)O2)c(=O)[nH]c1=O. The van der Waals surface area contributed by atoms with Gasteiger partial charge in [0, 0.05) is 43.0 Å². The molecule has 3 atom stereocenters. The molecule has 1 aliphatic rings. The molecule has 0 amide bonds. The van der Waals surface area contributed by atoms with Crippen LogP contribution in [0.25, 0.3) is 0 Å². The Morgan fingerprint density at radius 2 is 1.84 bits per heavy atom. The number of nitrogens with one attached hydrogen (secondary N) is 1. The van der Waals surface area contributed by atoms with Gasteiger partial charge < -0.3 is 14.2 Å². The van der Waals surface area contributed by atoms with Gasteiger partial charge in [0.25, 0.3) is 5.56 Å². The number of aromatic amines is 1. The number of nitrogens with zero attached hydrogens (tertiary/aromatic N) is 5. The van der Waals surface area contributed by atoms with E-state index >= 15 is 0 Å².